The number of fused-ring (bicyclic) bond motifs is 1. The largest absolute Gasteiger partial charge is 0.494 e. The molecule has 1 atom stereocenters. The Hall–Kier alpha value is -4.09. The molecule has 7 nitrogen and oxygen atoms in total. The number of pyridine rings is 1. The molecule has 1 saturated heterocycles. The third-order valence-corrected chi connectivity index (χ3v) is 6.32. The summed E-state index contributed by atoms with van der Waals surface area (Å²) < 4.78 is 21.1. The predicted octanol–water partition coefficient (Wildman–Crippen LogP) is 4.80. The number of benzene rings is 2. The molecule has 1 aliphatic heterocycles. The molecule has 0 spiro atoms. The molecule has 1 fully saturated rings. The average Bonchev–Trinajstić information content (AvgIpc) is 3.40. The van der Waals surface area contributed by atoms with Gasteiger partial charge in [0.25, 0.3) is 5.56 Å². The van der Waals surface area contributed by atoms with Crippen LogP contribution in [0.15, 0.2) is 53.5 Å². The standard InChI is InChI=1S/C27H24FN5O2/c1-16-6-7-17(15-31-16)11-18-12-19(29-2)13-21-25(18)32-26(23-5-4-10-30-23)33(27(21)34)20-8-9-24(35-3)22(28)14-20/h6-9,12-15,23,30H,4-5,10-11H2,1,3H3. The first-order valence-corrected chi connectivity index (χ1v) is 11.4. The van der Waals surface area contributed by atoms with Gasteiger partial charge in [-0.3, -0.25) is 14.3 Å². The molecular weight excluding hydrogens is 445 g/mol. The summed E-state index contributed by atoms with van der Waals surface area (Å²) in [7, 11) is 1.40. The lowest BCUT2D eigenvalue weighted by atomic mass is 10.0. The number of nitrogens with zero attached hydrogens (tertiary/aromatic N) is 4. The van der Waals surface area contributed by atoms with Gasteiger partial charge in [0.15, 0.2) is 17.3 Å². The third kappa shape index (κ3) is 4.27. The molecule has 0 saturated carbocycles. The van der Waals surface area contributed by atoms with Gasteiger partial charge in [-0.2, -0.15) is 0 Å². The fourth-order valence-electron chi connectivity index (χ4n) is 4.57. The third-order valence-electron chi connectivity index (χ3n) is 6.32. The van der Waals surface area contributed by atoms with Crippen LogP contribution in [-0.4, -0.2) is 28.2 Å². The van der Waals surface area contributed by atoms with Crippen molar-refractivity contribution in [3.05, 3.63) is 98.9 Å². The number of rotatable bonds is 5. The summed E-state index contributed by atoms with van der Waals surface area (Å²) in [5.41, 5.74) is 3.59. The van der Waals surface area contributed by atoms with E-state index in [1.165, 1.54) is 23.8 Å². The van der Waals surface area contributed by atoms with Crippen molar-refractivity contribution in [1.82, 2.24) is 19.9 Å². The van der Waals surface area contributed by atoms with Crippen LogP contribution in [0.3, 0.4) is 0 Å². The molecule has 0 amide bonds. The summed E-state index contributed by atoms with van der Waals surface area (Å²) >= 11 is 0. The number of hydrogen-bond acceptors (Lipinski definition) is 5. The summed E-state index contributed by atoms with van der Waals surface area (Å²) in [6.45, 7) is 10.3. The molecule has 1 aliphatic rings. The van der Waals surface area contributed by atoms with Gasteiger partial charge < -0.3 is 10.1 Å². The molecule has 8 heteroatoms. The number of ether oxygens (including phenoxy) is 1. The van der Waals surface area contributed by atoms with Gasteiger partial charge in [0, 0.05) is 18.0 Å². The first-order valence-electron chi connectivity index (χ1n) is 11.4. The first kappa shape index (κ1) is 22.7. The molecule has 3 heterocycles. The normalized spacial score (nSPS) is 15.3. The van der Waals surface area contributed by atoms with Crippen LogP contribution in [0.4, 0.5) is 10.1 Å². The average molecular weight is 470 g/mol. The first-order chi connectivity index (χ1) is 17.0. The molecule has 1 unspecified atom stereocenters. The highest BCUT2D eigenvalue weighted by atomic mass is 19.1. The highest BCUT2D eigenvalue weighted by molar-refractivity contribution is 5.86. The van der Waals surface area contributed by atoms with Crippen molar-refractivity contribution in [3.63, 3.8) is 0 Å². The molecule has 0 radical (unpaired) electrons. The van der Waals surface area contributed by atoms with Crippen LogP contribution in [0.2, 0.25) is 0 Å². The van der Waals surface area contributed by atoms with E-state index in [-0.39, 0.29) is 17.4 Å². The molecule has 35 heavy (non-hydrogen) atoms. The van der Waals surface area contributed by atoms with Crippen molar-refractivity contribution in [1.29, 1.82) is 0 Å². The van der Waals surface area contributed by atoms with Crippen LogP contribution in [-0.2, 0) is 6.42 Å². The van der Waals surface area contributed by atoms with Gasteiger partial charge in [0.1, 0.15) is 5.82 Å². The minimum Gasteiger partial charge on any atom is -0.494 e. The Morgan fingerprint density at radius 1 is 1.26 bits per heavy atom. The van der Waals surface area contributed by atoms with Crippen molar-refractivity contribution < 1.29 is 9.13 Å². The van der Waals surface area contributed by atoms with Gasteiger partial charge >= 0.3 is 0 Å². The van der Waals surface area contributed by atoms with Gasteiger partial charge in [0.2, 0.25) is 0 Å². The Morgan fingerprint density at radius 2 is 2.11 bits per heavy atom. The van der Waals surface area contributed by atoms with Gasteiger partial charge in [-0.1, -0.05) is 12.1 Å². The maximum Gasteiger partial charge on any atom is 0.264 e. The Kier molecular flexibility index (Phi) is 6.01. The predicted molar refractivity (Wildman–Crippen MR) is 132 cm³/mol. The molecule has 4 aromatic rings. The Balaban J connectivity index is 1.77. The zero-order valence-electron chi connectivity index (χ0n) is 19.5. The molecule has 2 aromatic heterocycles. The van der Waals surface area contributed by atoms with Crippen molar-refractivity contribution in [2.75, 3.05) is 13.7 Å². The highest BCUT2D eigenvalue weighted by Crippen LogP contribution is 2.30. The molecule has 5 rings (SSSR count). The van der Waals surface area contributed by atoms with Crippen molar-refractivity contribution >= 4 is 16.6 Å². The van der Waals surface area contributed by atoms with Crippen molar-refractivity contribution in [3.8, 4) is 11.4 Å². The Morgan fingerprint density at radius 3 is 2.77 bits per heavy atom. The second-order valence-corrected chi connectivity index (χ2v) is 8.68. The number of halogens is 1. The van der Waals surface area contributed by atoms with Crippen molar-refractivity contribution in [2.24, 2.45) is 0 Å². The van der Waals surface area contributed by atoms with Crippen LogP contribution in [0.1, 0.15) is 41.5 Å². The lowest BCUT2D eigenvalue weighted by Crippen LogP contribution is -2.29. The lowest BCUT2D eigenvalue weighted by molar-refractivity contribution is 0.386. The Bertz CT molecular complexity index is 1520. The monoisotopic (exact) mass is 469 g/mol. The number of methoxy groups -OCH3 is 1. The smallest absolute Gasteiger partial charge is 0.264 e. The number of aromatic nitrogens is 3. The van der Waals surface area contributed by atoms with E-state index < -0.39 is 5.82 Å². The van der Waals surface area contributed by atoms with Crippen LogP contribution in [0.5, 0.6) is 5.75 Å². The van der Waals surface area contributed by atoms with E-state index in [0.29, 0.717) is 34.5 Å². The van der Waals surface area contributed by atoms with E-state index in [4.69, 9.17) is 16.3 Å². The topological polar surface area (TPSA) is 73.4 Å². The number of hydrogen-bond donors (Lipinski definition) is 1. The van der Waals surface area contributed by atoms with Crippen molar-refractivity contribution in [2.45, 2.75) is 32.2 Å². The van der Waals surface area contributed by atoms with E-state index in [0.717, 1.165) is 36.2 Å². The van der Waals surface area contributed by atoms with Gasteiger partial charge in [0.05, 0.1) is 36.3 Å². The second-order valence-electron chi connectivity index (χ2n) is 8.68. The van der Waals surface area contributed by atoms with E-state index in [2.05, 4.69) is 15.1 Å². The SMILES string of the molecule is [C-]#[N+]c1cc(Cc2ccc(C)nc2)c2nc(C3CCCN3)n(-c3ccc(OC)c(F)c3)c(=O)c2c1. The molecule has 176 valence electrons. The molecule has 2 aromatic carbocycles. The maximum atomic E-state index is 14.6. The van der Waals surface area contributed by atoms with Crippen LogP contribution in [0, 0.1) is 19.3 Å². The van der Waals surface area contributed by atoms with Gasteiger partial charge in [-0.25, -0.2) is 14.2 Å². The van der Waals surface area contributed by atoms with E-state index in [9.17, 15) is 9.18 Å². The van der Waals surface area contributed by atoms with E-state index >= 15 is 0 Å². The summed E-state index contributed by atoms with van der Waals surface area (Å²) in [6.07, 6.45) is 4.05. The molecule has 0 bridgehead atoms. The van der Waals surface area contributed by atoms with E-state index in [1.54, 1.807) is 24.4 Å². The van der Waals surface area contributed by atoms with E-state index in [1.807, 2.05) is 19.1 Å². The minimum absolute atomic E-state index is 0.0976. The Labute approximate surface area is 202 Å². The molecule has 1 N–H and O–H groups in total. The summed E-state index contributed by atoms with van der Waals surface area (Å²) in [6, 6.07) is 11.5. The number of aryl methyl sites for hydroxylation is 1. The quantitative estimate of drug-likeness (QED) is 0.425. The van der Waals surface area contributed by atoms with Gasteiger partial charge in [-0.05, 0) is 68.1 Å². The second kappa shape index (κ2) is 9.28. The highest BCUT2D eigenvalue weighted by Gasteiger charge is 2.25. The number of nitrogens with one attached hydrogen (secondary N) is 1. The van der Waals surface area contributed by atoms with Crippen LogP contribution < -0.4 is 15.6 Å². The summed E-state index contributed by atoms with van der Waals surface area (Å²) in [5, 5.41) is 3.74. The molecular formula is C27H24FN5O2. The van der Waals surface area contributed by atoms with Crippen LogP contribution >= 0.6 is 0 Å². The minimum atomic E-state index is -0.565. The lowest BCUT2D eigenvalue weighted by Gasteiger charge is -2.20. The fraction of sp³-hybridized carbons (Fsp3) is 0.259. The van der Waals surface area contributed by atoms with Crippen LogP contribution in [0.25, 0.3) is 21.4 Å². The summed E-state index contributed by atoms with van der Waals surface area (Å²) in [5.74, 6) is 0.0635. The molecule has 0 aliphatic carbocycles. The zero-order chi connectivity index (χ0) is 24.5. The van der Waals surface area contributed by atoms with Gasteiger partial charge in [-0.15, -0.1) is 0 Å². The zero-order valence-corrected chi connectivity index (χ0v) is 19.5. The summed E-state index contributed by atoms with van der Waals surface area (Å²) in [4.78, 5) is 26.9. The fourth-order valence-corrected chi connectivity index (χ4v) is 4.57. The maximum absolute atomic E-state index is 14.6.